The first-order chi connectivity index (χ1) is 13.6. The summed E-state index contributed by atoms with van der Waals surface area (Å²) >= 11 is 0. The topological polar surface area (TPSA) is 117 Å². The summed E-state index contributed by atoms with van der Waals surface area (Å²) in [6.07, 6.45) is 2.30. The number of amides is 3. The fourth-order valence-electron chi connectivity index (χ4n) is 3.76. The van der Waals surface area contributed by atoms with Crippen LogP contribution in [0.5, 0.6) is 0 Å². The highest BCUT2D eigenvalue weighted by Gasteiger charge is 2.39. The van der Waals surface area contributed by atoms with Crippen LogP contribution in [0.15, 0.2) is 36.5 Å². The fraction of sp³-hybridized carbons (Fsp3) is 0.300. The van der Waals surface area contributed by atoms with E-state index in [-0.39, 0.29) is 18.2 Å². The lowest BCUT2D eigenvalue weighted by molar-refractivity contribution is -0.136. The number of carbonyl (C=O) groups is 3. The van der Waals surface area contributed by atoms with Crippen LogP contribution in [-0.4, -0.2) is 33.6 Å². The Balaban J connectivity index is 1.54. The molecule has 28 heavy (non-hydrogen) atoms. The molecule has 0 spiro atoms. The number of nitrogens with one attached hydrogen (secondary N) is 2. The van der Waals surface area contributed by atoms with E-state index < -0.39 is 11.9 Å². The summed E-state index contributed by atoms with van der Waals surface area (Å²) in [5.74, 6) is -0.152. The van der Waals surface area contributed by atoms with Crippen LogP contribution >= 0.6 is 0 Å². The van der Waals surface area contributed by atoms with Crippen molar-refractivity contribution in [1.82, 2.24) is 15.2 Å². The van der Waals surface area contributed by atoms with Gasteiger partial charge in [0, 0.05) is 43.4 Å². The molecule has 8 heteroatoms. The van der Waals surface area contributed by atoms with Crippen LogP contribution in [0.25, 0.3) is 0 Å². The van der Waals surface area contributed by atoms with Crippen molar-refractivity contribution in [2.24, 2.45) is 5.73 Å². The van der Waals surface area contributed by atoms with Crippen molar-refractivity contribution in [2.75, 3.05) is 5.32 Å². The van der Waals surface area contributed by atoms with Gasteiger partial charge in [0.1, 0.15) is 11.9 Å². The molecule has 2 aliphatic rings. The molecule has 1 aromatic carbocycles. The molecule has 0 aliphatic carbocycles. The van der Waals surface area contributed by atoms with E-state index >= 15 is 0 Å². The van der Waals surface area contributed by atoms with Crippen molar-refractivity contribution < 1.29 is 14.4 Å². The highest BCUT2D eigenvalue weighted by molar-refractivity contribution is 6.05. The summed E-state index contributed by atoms with van der Waals surface area (Å²) in [5, 5.41) is 5.61. The second-order valence-electron chi connectivity index (χ2n) is 6.91. The summed E-state index contributed by atoms with van der Waals surface area (Å²) in [4.78, 5) is 42.3. The van der Waals surface area contributed by atoms with Gasteiger partial charge in [0.15, 0.2) is 0 Å². The zero-order chi connectivity index (χ0) is 19.7. The number of aromatic nitrogens is 1. The number of nitrogens with two attached hydrogens (primary N) is 1. The van der Waals surface area contributed by atoms with Gasteiger partial charge in [-0.3, -0.25) is 19.7 Å². The summed E-state index contributed by atoms with van der Waals surface area (Å²) in [6.45, 7) is 1.22. The Morgan fingerprint density at radius 3 is 2.79 bits per heavy atom. The number of benzene rings is 1. The van der Waals surface area contributed by atoms with Crippen LogP contribution < -0.4 is 16.4 Å². The number of fused-ring (bicyclic) bond motifs is 1. The number of hydrogen-bond acceptors (Lipinski definition) is 6. The quantitative estimate of drug-likeness (QED) is 0.665. The number of rotatable bonds is 5. The van der Waals surface area contributed by atoms with Gasteiger partial charge in [-0.1, -0.05) is 18.2 Å². The van der Waals surface area contributed by atoms with Gasteiger partial charge in [0.05, 0.1) is 0 Å². The van der Waals surface area contributed by atoms with Gasteiger partial charge in [-0.05, 0) is 29.7 Å². The van der Waals surface area contributed by atoms with Crippen LogP contribution in [0.4, 0.5) is 5.82 Å². The third-order valence-corrected chi connectivity index (χ3v) is 5.24. The van der Waals surface area contributed by atoms with Crippen molar-refractivity contribution >= 4 is 23.5 Å². The van der Waals surface area contributed by atoms with Crippen molar-refractivity contribution in [3.8, 4) is 0 Å². The SMILES string of the molecule is NCc1cccnc1NCc1cccc2c1CN(C1CCC(=O)NC1=O)C2=O. The molecule has 8 nitrogen and oxygen atoms in total. The molecule has 1 atom stereocenters. The first kappa shape index (κ1) is 18.1. The molecular weight excluding hydrogens is 358 g/mol. The molecule has 2 aliphatic heterocycles. The smallest absolute Gasteiger partial charge is 0.255 e. The molecule has 1 unspecified atom stereocenters. The standard InChI is InChI=1S/C20H21N5O3/c21-9-12-4-2-8-22-18(12)23-10-13-3-1-5-14-15(13)11-25(20(14)28)16-6-7-17(26)24-19(16)27/h1-5,8,16H,6-7,9-11,21H2,(H,22,23)(H,24,26,27). The highest BCUT2D eigenvalue weighted by Crippen LogP contribution is 2.30. The molecule has 1 fully saturated rings. The molecule has 2 aromatic rings. The maximum Gasteiger partial charge on any atom is 0.255 e. The van der Waals surface area contributed by atoms with E-state index in [0.29, 0.717) is 37.4 Å². The molecular formula is C20H21N5O3. The van der Waals surface area contributed by atoms with Gasteiger partial charge in [-0.25, -0.2) is 4.98 Å². The minimum Gasteiger partial charge on any atom is -0.366 e. The predicted molar refractivity (Wildman–Crippen MR) is 102 cm³/mol. The third kappa shape index (κ3) is 3.22. The monoisotopic (exact) mass is 379 g/mol. The van der Waals surface area contributed by atoms with E-state index in [1.807, 2.05) is 24.3 Å². The maximum atomic E-state index is 12.9. The first-order valence-electron chi connectivity index (χ1n) is 9.21. The molecule has 144 valence electrons. The van der Waals surface area contributed by atoms with Crippen LogP contribution in [0, 0.1) is 0 Å². The van der Waals surface area contributed by atoms with Crippen LogP contribution in [0.3, 0.4) is 0 Å². The zero-order valence-corrected chi connectivity index (χ0v) is 15.3. The number of pyridine rings is 1. The normalized spacial score (nSPS) is 18.8. The largest absolute Gasteiger partial charge is 0.366 e. The number of anilines is 1. The van der Waals surface area contributed by atoms with E-state index in [9.17, 15) is 14.4 Å². The van der Waals surface area contributed by atoms with E-state index in [1.165, 1.54) is 0 Å². The average Bonchev–Trinajstić information content (AvgIpc) is 3.04. The second kappa shape index (κ2) is 7.40. The Labute approximate surface area is 162 Å². The van der Waals surface area contributed by atoms with E-state index in [1.54, 1.807) is 17.2 Å². The molecule has 4 rings (SSSR count). The number of nitrogens with zero attached hydrogens (tertiary/aromatic N) is 2. The minimum absolute atomic E-state index is 0.174. The zero-order valence-electron chi connectivity index (χ0n) is 15.3. The summed E-state index contributed by atoms with van der Waals surface area (Å²) in [7, 11) is 0. The Morgan fingerprint density at radius 1 is 1.18 bits per heavy atom. The lowest BCUT2D eigenvalue weighted by Gasteiger charge is -2.29. The molecule has 0 bridgehead atoms. The highest BCUT2D eigenvalue weighted by atomic mass is 16.2. The van der Waals surface area contributed by atoms with Gasteiger partial charge in [-0.2, -0.15) is 0 Å². The van der Waals surface area contributed by atoms with Crippen LogP contribution in [0.2, 0.25) is 0 Å². The molecule has 0 saturated carbocycles. The average molecular weight is 379 g/mol. The van der Waals surface area contributed by atoms with Crippen molar-refractivity contribution in [3.63, 3.8) is 0 Å². The lowest BCUT2D eigenvalue weighted by atomic mass is 10.0. The van der Waals surface area contributed by atoms with Gasteiger partial charge >= 0.3 is 0 Å². The van der Waals surface area contributed by atoms with E-state index in [0.717, 1.165) is 16.7 Å². The summed E-state index contributed by atoms with van der Waals surface area (Å²) in [5.41, 5.74) is 9.14. The Morgan fingerprint density at radius 2 is 2.00 bits per heavy atom. The minimum atomic E-state index is -0.613. The number of imide groups is 1. The van der Waals surface area contributed by atoms with Crippen molar-refractivity contribution in [1.29, 1.82) is 0 Å². The summed E-state index contributed by atoms with van der Waals surface area (Å²) in [6, 6.07) is 8.71. The lowest BCUT2D eigenvalue weighted by Crippen LogP contribution is -2.52. The van der Waals surface area contributed by atoms with Crippen LogP contribution in [0.1, 0.15) is 39.9 Å². The van der Waals surface area contributed by atoms with E-state index in [2.05, 4.69) is 15.6 Å². The predicted octanol–water partition coefficient (Wildman–Crippen LogP) is 0.913. The van der Waals surface area contributed by atoms with Crippen molar-refractivity contribution in [2.45, 2.75) is 38.5 Å². The molecule has 1 aromatic heterocycles. The Kier molecular flexibility index (Phi) is 4.79. The van der Waals surface area contributed by atoms with E-state index in [4.69, 9.17) is 5.73 Å². The van der Waals surface area contributed by atoms with Crippen LogP contribution in [-0.2, 0) is 29.2 Å². The second-order valence-corrected chi connectivity index (χ2v) is 6.91. The van der Waals surface area contributed by atoms with Crippen molar-refractivity contribution in [3.05, 3.63) is 58.8 Å². The molecule has 1 saturated heterocycles. The number of carbonyl (C=O) groups excluding carboxylic acids is 3. The van der Waals surface area contributed by atoms with Gasteiger partial charge in [0.2, 0.25) is 11.8 Å². The third-order valence-electron chi connectivity index (χ3n) is 5.24. The maximum absolute atomic E-state index is 12.9. The first-order valence-corrected chi connectivity index (χ1v) is 9.21. The number of hydrogen-bond donors (Lipinski definition) is 3. The van der Waals surface area contributed by atoms with Gasteiger partial charge in [-0.15, -0.1) is 0 Å². The summed E-state index contributed by atoms with van der Waals surface area (Å²) < 4.78 is 0. The molecule has 0 radical (unpaired) electrons. The fourth-order valence-corrected chi connectivity index (χ4v) is 3.76. The van der Waals surface area contributed by atoms with Gasteiger partial charge < -0.3 is 16.0 Å². The molecule has 3 amide bonds. The molecule has 3 heterocycles. The Hall–Kier alpha value is -3.26. The molecule has 4 N–H and O–H groups in total. The Bertz CT molecular complexity index is 959. The number of piperidine rings is 1. The van der Waals surface area contributed by atoms with Gasteiger partial charge in [0.25, 0.3) is 5.91 Å².